The minimum absolute atomic E-state index is 0.0111. The number of rotatable bonds is 7. The van der Waals surface area contributed by atoms with E-state index in [1.54, 1.807) is 24.3 Å². The molecule has 208 valence electrons. The van der Waals surface area contributed by atoms with E-state index in [-0.39, 0.29) is 65.6 Å². The van der Waals surface area contributed by atoms with Gasteiger partial charge in [0.1, 0.15) is 17.5 Å². The molecule has 0 radical (unpaired) electrons. The smallest absolute Gasteiger partial charge is 0.405 e. The number of benzene rings is 3. The highest BCUT2D eigenvalue weighted by Crippen LogP contribution is 2.24. The molecule has 0 aliphatic carbocycles. The fourth-order valence-corrected chi connectivity index (χ4v) is 6.06. The average molecular weight is 571 g/mol. The van der Waals surface area contributed by atoms with Crippen molar-refractivity contribution < 1.29 is 31.8 Å². The molecule has 1 aliphatic heterocycles. The maximum atomic E-state index is 13.9. The number of carboxylic acid groups (broad SMARTS) is 1. The number of hydrogen-bond acceptors (Lipinski definition) is 6. The van der Waals surface area contributed by atoms with Gasteiger partial charge in [-0.25, -0.2) is 27.0 Å². The minimum atomic E-state index is -3.81. The number of nitrogens with one attached hydrogen (secondary N) is 1. The molecule has 4 aromatic rings. The van der Waals surface area contributed by atoms with Gasteiger partial charge in [-0.1, -0.05) is 12.1 Å². The Balaban J connectivity index is 1.64. The quantitative estimate of drug-likeness (QED) is 0.349. The maximum Gasteiger partial charge on any atom is 0.405 e. The molecular formula is C27H24F2N4O6S. The maximum absolute atomic E-state index is 13.9. The van der Waals surface area contributed by atoms with Gasteiger partial charge >= 0.3 is 6.09 Å². The molecule has 1 aliphatic rings. The second-order valence-electron chi connectivity index (χ2n) is 9.12. The molecule has 5 rings (SSSR count). The summed E-state index contributed by atoms with van der Waals surface area (Å²) in [5.41, 5.74) is 0.110. The van der Waals surface area contributed by atoms with E-state index in [2.05, 4.69) is 10.3 Å². The van der Waals surface area contributed by atoms with Crippen molar-refractivity contribution in [2.45, 2.75) is 17.4 Å². The van der Waals surface area contributed by atoms with Crippen molar-refractivity contribution in [3.05, 3.63) is 100 Å². The number of carbonyl (C=O) groups is 1. The van der Waals surface area contributed by atoms with Gasteiger partial charge < -0.3 is 15.2 Å². The SMILES string of the molecule is O=C(O)N[C@@H](Cc1cc(F)cc(F)c1)c1nc2ccccc2c(=O)n1-c1ccc(S(=O)(=O)N2CCOCC2)cc1. The van der Waals surface area contributed by atoms with Gasteiger partial charge in [-0.15, -0.1) is 0 Å². The number of para-hydroxylation sites is 1. The van der Waals surface area contributed by atoms with E-state index in [4.69, 9.17) is 4.74 Å². The van der Waals surface area contributed by atoms with E-state index < -0.39 is 39.4 Å². The van der Waals surface area contributed by atoms with Crippen LogP contribution in [0.4, 0.5) is 13.6 Å². The van der Waals surface area contributed by atoms with Gasteiger partial charge in [0.05, 0.1) is 40.7 Å². The summed E-state index contributed by atoms with van der Waals surface area (Å²) in [5, 5.41) is 12.1. The Hall–Kier alpha value is -4.20. The summed E-state index contributed by atoms with van der Waals surface area (Å²) in [6.07, 6.45) is -1.67. The zero-order valence-corrected chi connectivity index (χ0v) is 21.8. The van der Waals surface area contributed by atoms with Gasteiger partial charge in [0, 0.05) is 25.6 Å². The summed E-state index contributed by atoms with van der Waals surface area (Å²) in [7, 11) is -3.81. The summed E-state index contributed by atoms with van der Waals surface area (Å²) in [6, 6.07) is 13.6. The molecule has 1 fully saturated rings. The number of sulfonamides is 1. The summed E-state index contributed by atoms with van der Waals surface area (Å²) < 4.78 is 61.7. The number of amides is 1. The first-order valence-electron chi connectivity index (χ1n) is 12.3. The molecule has 0 saturated carbocycles. The Morgan fingerprint density at radius 1 is 1.02 bits per heavy atom. The van der Waals surface area contributed by atoms with E-state index in [1.807, 2.05) is 0 Å². The van der Waals surface area contributed by atoms with Gasteiger partial charge in [-0.05, 0) is 54.1 Å². The molecule has 1 saturated heterocycles. The van der Waals surface area contributed by atoms with Gasteiger partial charge in [-0.3, -0.25) is 9.36 Å². The van der Waals surface area contributed by atoms with Crippen molar-refractivity contribution in [2.24, 2.45) is 0 Å². The molecule has 0 unspecified atom stereocenters. The third kappa shape index (κ3) is 5.57. The summed E-state index contributed by atoms with van der Waals surface area (Å²) in [6.45, 7) is 0.995. The van der Waals surface area contributed by atoms with Crippen LogP contribution in [0, 0.1) is 11.6 Å². The number of nitrogens with zero attached hydrogens (tertiary/aromatic N) is 3. The highest BCUT2D eigenvalue weighted by molar-refractivity contribution is 7.89. The molecule has 2 N–H and O–H groups in total. The second kappa shape index (κ2) is 11.1. The van der Waals surface area contributed by atoms with Crippen LogP contribution >= 0.6 is 0 Å². The largest absolute Gasteiger partial charge is 0.465 e. The number of aromatic nitrogens is 2. The fraction of sp³-hybridized carbons (Fsp3) is 0.222. The number of fused-ring (bicyclic) bond motifs is 1. The lowest BCUT2D eigenvalue weighted by Crippen LogP contribution is -2.40. The van der Waals surface area contributed by atoms with E-state index in [9.17, 15) is 31.9 Å². The molecule has 40 heavy (non-hydrogen) atoms. The second-order valence-corrected chi connectivity index (χ2v) is 11.1. The summed E-state index contributed by atoms with van der Waals surface area (Å²) in [4.78, 5) is 30.0. The van der Waals surface area contributed by atoms with Crippen molar-refractivity contribution in [1.29, 1.82) is 0 Å². The Morgan fingerprint density at radius 3 is 2.33 bits per heavy atom. The van der Waals surface area contributed by atoms with Crippen LogP contribution in [0.3, 0.4) is 0 Å². The predicted octanol–water partition coefficient (Wildman–Crippen LogP) is 3.24. The first kappa shape index (κ1) is 27.4. The lowest BCUT2D eigenvalue weighted by molar-refractivity contribution is 0.0730. The first-order chi connectivity index (χ1) is 19.1. The molecule has 10 nitrogen and oxygen atoms in total. The third-order valence-corrected chi connectivity index (χ3v) is 8.39. The van der Waals surface area contributed by atoms with Crippen molar-refractivity contribution in [3.8, 4) is 5.69 Å². The topological polar surface area (TPSA) is 131 Å². The normalized spacial score (nSPS) is 15.2. The molecule has 0 bridgehead atoms. The highest BCUT2D eigenvalue weighted by atomic mass is 32.2. The van der Waals surface area contributed by atoms with Gasteiger partial charge in [-0.2, -0.15) is 4.31 Å². The molecule has 1 atom stereocenters. The van der Waals surface area contributed by atoms with Crippen LogP contribution in [0.25, 0.3) is 16.6 Å². The van der Waals surface area contributed by atoms with Crippen molar-refractivity contribution >= 4 is 27.0 Å². The van der Waals surface area contributed by atoms with Crippen LogP contribution in [0.2, 0.25) is 0 Å². The number of morpholine rings is 1. The minimum Gasteiger partial charge on any atom is -0.465 e. The van der Waals surface area contributed by atoms with Crippen molar-refractivity contribution in [1.82, 2.24) is 19.2 Å². The van der Waals surface area contributed by atoms with E-state index in [1.165, 1.54) is 33.1 Å². The molecule has 0 spiro atoms. The van der Waals surface area contributed by atoms with Crippen LogP contribution in [0.1, 0.15) is 17.4 Å². The summed E-state index contributed by atoms with van der Waals surface area (Å²) >= 11 is 0. The van der Waals surface area contributed by atoms with E-state index >= 15 is 0 Å². The number of halogens is 2. The molecule has 2 heterocycles. The lowest BCUT2D eigenvalue weighted by atomic mass is 10.0. The molecule has 13 heteroatoms. The lowest BCUT2D eigenvalue weighted by Gasteiger charge is -2.26. The van der Waals surface area contributed by atoms with Crippen molar-refractivity contribution in [3.63, 3.8) is 0 Å². The Morgan fingerprint density at radius 2 is 1.68 bits per heavy atom. The number of ether oxygens (including phenoxy) is 1. The third-order valence-electron chi connectivity index (χ3n) is 6.48. The monoisotopic (exact) mass is 570 g/mol. The molecule has 1 aromatic heterocycles. The van der Waals surface area contributed by atoms with Crippen LogP contribution < -0.4 is 10.9 Å². The van der Waals surface area contributed by atoms with Gasteiger partial charge in [0.2, 0.25) is 10.0 Å². The predicted molar refractivity (Wildman–Crippen MR) is 141 cm³/mol. The first-order valence-corrected chi connectivity index (χ1v) is 13.7. The van der Waals surface area contributed by atoms with Crippen molar-refractivity contribution in [2.75, 3.05) is 26.3 Å². The standard InChI is InChI=1S/C27H24F2N4O6S/c28-18-13-17(14-19(29)16-18)15-24(31-27(35)36)25-30-23-4-2-1-3-22(23)26(34)33(25)20-5-7-21(8-6-20)40(37,38)32-9-11-39-12-10-32/h1-8,13-14,16,24,31H,9-12,15H2,(H,35,36)/t24-/m0/s1. The fourth-order valence-electron chi connectivity index (χ4n) is 4.66. The molecular weight excluding hydrogens is 546 g/mol. The van der Waals surface area contributed by atoms with Crippen LogP contribution in [-0.2, 0) is 21.2 Å². The van der Waals surface area contributed by atoms with Crippen LogP contribution in [0.15, 0.2) is 76.4 Å². The van der Waals surface area contributed by atoms with Gasteiger partial charge in [0.15, 0.2) is 0 Å². The molecule has 1 amide bonds. The highest BCUT2D eigenvalue weighted by Gasteiger charge is 2.27. The zero-order valence-electron chi connectivity index (χ0n) is 21.0. The zero-order chi connectivity index (χ0) is 28.4. The Bertz CT molecular complexity index is 1720. The number of hydrogen-bond donors (Lipinski definition) is 2. The molecule has 3 aromatic carbocycles. The van der Waals surface area contributed by atoms with Gasteiger partial charge in [0.25, 0.3) is 5.56 Å². The average Bonchev–Trinajstić information content (AvgIpc) is 2.92. The Labute approximate surface area is 227 Å². The van der Waals surface area contributed by atoms with E-state index in [0.717, 1.165) is 12.1 Å². The van der Waals surface area contributed by atoms with Crippen LogP contribution in [-0.4, -0.2) is 59.8 Å². The summed E-state index contributed by atoms with van der Waals surface area (Å²) in [5.74, 6) is -1.73. The van der Waals surface area contributed by atoms with E-state index in [0.29, 0.717) is 6.07 Å². The Kier molecular flexibility index (Phi) is 7.61. The van der Waals surface area contributed by atoms with Crippen LogP contribution in [0.5, 0.6) is 0 Å².